The summed E-state index contributed by atoms with van der Waals surface area (Å²) in [6, 6.07) is 21.7. The number of carbonyl (C=O) groups excluding carboxylic acids is 1. The highest BCUT2D eigenvalue weighted by atomic mass is 79.9. The van der Waals surface area contributed by atoms with Gasteiger partial charge in [0.1, 0.15) is 5.82 Å². The monoisotopic (exact) mass is 543 g/mol. The van der Waals surface area contributed by atoms with Crippen molar-refractivity contribution < 1.29 is 9.18 Å². The summed E-state index contributed by atoms with van der Waals surface area (Å²) in [6.45, 7) is 0. The zero-order valence-corrected chi connectivity index (χ0v) is 20.1. The van der Waals surface area contributed by atoms with Crippen molar-refractivity contribution in [2.24, 2.45) is 5.10 Å². The zero-order valence-electron chi connectivity index (χ0n) is 17.0. The number of hydrogen-bond acceptors (Lipinski definition) is 5. The molecule has 1 heterocycles. The Balaban J connectivity index is 1.51. The van der Waals surface area contributed by atoms with Gasteiger partial charge in [0.2, 0.25) is 0 Å². The molecule has 0 fully saturated rings. The molecule has 1 N–H and O–H groups in total. The van der Waals surface area contributed by atoms with E-state index in [1.165, 1.54) is 30.1 Å². The molecule has 0 aliphatic heterocycles. The van der Waals surface area contributed by atoms with Gasteiger partial charge in [-0.15, -0.1) is 10.2 Å². The van der Waals surface area contributed by atoms with Crippen LogP contribution in [0.1, 0.15) is 5.56 Å². The lowest BCUT2D eigenvalue weighted by molar-refractivity contribution is -0.118. The third kappa shape index (κ3) is 5.68. The minimum Gasteiger partial charge on any atom is -0.272 e. The van der Waals surface area contributed by atoms with Gasteiger partial charge in [0.05, 0.1) is 17.0 Å². The third-order valence-electron chi connectivity index (χ3n) is 4.47. The second kappa shape index (κ2) is 10.7. The standard InChI is InChI=1S/C23H16BrClFN5OS/c24-16-9-11-17(12-10-16)31-22(15-5-2-1-3-6-15)29-30-23(31)33-14-21(32)28-27-13-18-19(25)7-4-8-20(18)26/h1-13H,14H2,(H,28,32). The van der Waals surface area contributed by atoms with Crippen LogP contribution in [0.2, 0.25) is 5.02 Å². The summed E-state index contributed by atoms with van der Waals surface area (Å²) in [7, 11) is 0. The fourth-order valence-corrected chi connectivity index (χ4v) is 4.15. The van der Waals surface area contributed by atoms with Crippen LogP contribution in [0.4, 0.5) is 4.39 Å². The van der Waals surface area contributed by atoms with E-state index in [0.29, 0.717) is 11.0 Å². The topological polar surface area (TPSA) is 72.2 Å². The van der Waals surface area contributed by atoms with Gasteiger partial charge in [0.25, 0.3) is 5.91 Å². The maximum Gasteiger partial charge on any atom is 0.250 e. The maximum absolute atomic E-state index is 13.8. The van der Waals surface area contributed by atoms with E-state index in [0.717, 1.165) is 15.7 Å². The van der Waals surface area contributed by atoms with Crippen LogP contribution in [0.25, 0.3) is 17.1 Å². The van der Waals surface area contributed by atoms with Crippen LogP contribution in [0.3, 0.4) is 0 Å². The Kier molecular flexibility index (Phi) is 7.54. The molecule has 3 aromatic carbocycles. The average molecular weight is 545 g/mol. The fourth-order valence-electron chi connectivity index (χ4n) is 2.93. The summed E-state index contributed by atoms with van der Waals surface area (Å²) >= 11 is 10.6. The number of hydrogen-bond donors (Lipinski definition) is 1. The molecule has 0 saturated heterocycles. The predicted octanol–water partition coefficient (Wildman–Crippen LogP) is 5.73. The minimum absolute atomic E-state index is 0.0335. The molecule has 4 rings (SSSR count). The number of hydrazone groups is 1. The highest BCUT2D eigenvalue weighted by Crippen LogP contribution is 2.28. The number of amides is 1. The number of thioether (sulfide) groups is 1. The van der Waals surface area contributed by atoms with E-state index in [2.05, 4.69) is 36.7 Å². The minimum atomic E-state index is -0.522. The molecule has 0 bridgehead atoms. The number of aromatic nitrogens is 3. The first-order chi connectivity index (χ1) is 16.0. The second-order valence-corrected chi connectivity index (χ2v) is 8.97. The first-order valence-electron chi connectivity index (χ1n) is 9.68. The smallest absolute Gasteiger partial charge is 0.250 e. The van der Waals surface area contributed by atoms with Crippen LogP contribution in [0.15, 0.2) is 87.5 Å². The summed E-state index contributed by atoms with van der Waals surface area (Å²) in [5.74, 6) is -0.208. The number of nitrogens with zero attached hydrogens (tertiary/aromatic N) is 4. The van der Waals surface area contributed by atoms with Gasteiger partial charge in [0.15, 0.2) is 11.0 Å². The molecule has 0 radical (unpaired) electrons. The molecule has 1 aromatic heterocycles. The Morgan fingerprint density at radius 3 is 2.58 bits per heavy atom. The first kappa shape index (κ1) is 23.2. The third-order valence-corrected chi connectivity index (χ3v) is 6.25. The van der Waals surface area contributed by atoms with E-state index in [4.69, 9.17) is 11.6 Å². The molecule has 6 nitrogen and oxygen atoms in total. The molecule has 0 aliphatic carbocycles. The molecular formula is C23H16BrClFN5OS. The Morgan fingerprint density at radius 2 is 1.85 bits per heavy atom. The number of carbonyl (C=O) groups is 1. The fraction of sp³-hybridized carbons (Fsp3) is 0.0435. The van der Waals surface area contributed by atoms with Crippen molar-refractivity contribution in [3.05, 3.63) is 93.7 Å². The molecule has 4 aromatic rings. The number of halogens is 3. The maximum atomic E-state index is 13.8. The van der Waals surface area contributed by atoms with E-state index in [1.807, 2.05) is 59.2 Å². The molecule has 33 heavy (non-hydrogen) atoms. The highest BCUT2D eigenvalue weighted by Gasteiger charge is 2.17. The van der Waals surface area contributed by atoms with Crippen molar-refractivity contribution >= 4 is 51.4 Å². The normalized spacial score (nSPS) is 11.1. The van der Waals surface area contributed by atoms with Gasteiger partial charge in [-0.1, -0.05) is 75.7 Å². The van der Waals surface area contributed by atoms with E-state index in [1.54, 1.807) is 6.07 Å². The van der Waals surface area contributed by atoms with Crippen LogP contribution in [0.5, 0.6) is 0 Å². The van der Waals surface area contributed by atoms with Crippen molar-refractivity contribution in [3.8, 4) is 17.1 Å². The molecule has 0 unspecified atom stereocenters. The average Bonchev–Trinajstić information content (AvgIpc) is 3.25. The molecule has 10 heteroatoms. The van der Waals surface area contributed by atoms with Crippen LogP contribution in [-0.4, -0.2) is 32.6 Å². The van der Waals surface area contributed by atoms with Gasteiger partial charge in [-0.25, -0.2) is 9.82 Å². The molecular weight excluding hydrogens is 529 g/mol. The summed E-state index contributed by atoms with van der Waals surface area (Å²) < 4.78 is 16.6. The Hall–Kier alpha value is -3.01. The van der Waals surface area contributed by atoms with Gasteiger partial charge in [0, 0.05) is 21.3 Å². The second-order valence-electron chi connectivity index (χ2n) is 6.70. The summed E-state index contributed by atoms with van der Waals surface area (Å²) in [6.07, 6.45) is 1.18. The van der Waals surface area contributed by atoms with E-state index < -0.39 is 5.82 Å². The van der Waals surface area contributed by atoms with Gasteiger partial charge in [-0.2, -0.15) is 5.10 Å². The lowest BCUT2D eigenvalue weighted by Gasteiger charge is -2.10. The summed E-state index contributed by atoms with van der Waals surface area (Å²) in [5, 5.41) is 13.2. The summed E-state index contributed by atoms with van der Waals surface area (Å²) in [5.41, 5.74) is 4.25. The lowest BCUT2D eigenvalue weighted by Crippen LogP contribution is -2.20. The Bertz CT molecular complexity index is 1280. The van der Waals surface area contributed by atoms with Crippen LogP contribution in [0, 0.1) is 5.82 Å². The first-order valence-corrected chi connectivity index (χ1v) is 11.8. The highest BCUT2D eigenvalue weighted by molar-refractivity contribution is 9.10. The Morgan fingerprint density at radius 1 is 1.09 bits per heavy atom. The van der Waals surface area contributed by atoms with Crippen LogP contribution < -0.4 is 5.43 Å². The largest absolute Gasteiger partial charge is 0.272 e. The molecule has 0 spiro atoms. The predicted molar refractivity (Wildman–Crippen MR) is 132 cm³/mol. The number of benzene rings is 3. The van der Waals surface area contributed by atoms with Crippen LogP contribution >= 0.6 is 39.3 Å². The number of rotatable bonds is 7. The van der Waals surface area contributed by atoms with Crippen molar-refractivity contribution in [1.29, 1.82) is 0 Å². The van der Waals surface area contributed by atoms with Crippen molar-refractivity contribution in [2.45, 2.75) is 5.16 Å². The Labute approximate surface area is 207 Å². The van der Waals surface area contributed by atoms with Crippen molar-refractivity contribution in [1.82, 2.24) is 20.2 Å². The quantitative estimate of drug-likeness (QED) is 0.183. The van der Waals surface area contributed by atoms with Gasteiger partial charge in [-0.3, -0.25) is 9.36 Å². The van der Waals surface area contributed by atoms with Crippen LogP contribution in [-0.2, 0) is 4.79 Å². The van der Waals surface area contributed by atoms with Gasteiger partial charge < -0.3 is 0 Å². The molecule has 1 amide bonds. The van der Waals surface area contributed by atoms with E-state index in [9.17, 15) is 9.18 Å². The van der Waals surface area contributed by atoms with E-state index in [-0.39, 0.29) is 22.2 Å². The van der Waals surface area contributed by atoms with Gasteiger partial charge in [-0.05, 0) is 36.4 Å². The summed E-state index contributed by atoms with van der Waals surface area (Å²) in [4.78, 5) is 12.3. The molecule has 166 valence electrons. The van der Waals surface area contributed by atoms with Crippen molar-refractivity contribution in [3.63, 3.8) is 0 Å². The van der Waals surface area contributed by atoms with Gasteiger partial charge >= 0.3 is 0 Å². The zero-order chi connectivity index (χ0) is 23.2. The SMILES string of the molecule is O=C(CSc1nnc(-c2ccccc2)n1-c1ccc(Br)cc1)NN=Cc1c(F)cccc1Cl. The lowest BCUT2D eigenvalue weighted by atomic mass is 10.2. The van der Waals surface area contributed by atoms with E-state index >= 15 is 0 Å². The molecule has 0 aliphatic rings. The number of nitrogens with one attached hydrogen (secondary N) is 1. The molecule has 0 atom stereocenters. The van der Waals surface area contributed by atoms with Crippen molar-refractivity contribution in [2.75, 3.05) is 5.75 Å². The molecule has 0 saturated carbocycles.